The molecule has 0 radical (unpaired) electrons. The van der Waals surface area contributed by atoms with Gasteiger partial charge in [0.25, 0.3) is 0 Å². The van der Waals surface area contributed by atoms with E-state index in [0.29, 0.717) is 17.2 Å². The molecule has 2 aromatic carbocycles. The standard InChI is InChI=1S/C21H20O6/c1-24-19-14-16(8-13-21(23)26-3)6-11-18(19)27-17-9-4-15(5-10-17)7-12-20(22)25-2/h4-14H,1-3H3/b12-7+,13-8-. The summed E-state index contributed by atoms with van der Waals surface area (Å²) in [5.74, 6) is 0.820. The van der Waals surface area contributed by atoms with E-state index in [0.717, 1.165) is 11.1 Å². The Morgan fingerprint density at radius 1 is 0.741 bits per heavy atom. The van der Waals surface area contributed by atoms with Gasteiger partial charge in [-0.3, -0.25) is 0 Å². The fraction of sp³-hybridized carbons (Fsp3) is 0.143. The van der Waals surface area contributed by atoms with E-state index in [1.807, 2.05) is 12.1 Å². The van der Waals surface area contributed by atoms with Crippen molar-refractivity contribution in [2.24, 2.45) is 0 Å². The Labute approximate surface area is 157 Å². The van der Waals surface area contributed by atoms with Crippen molar-refractivity contribution in [2.75, 3.05) is 21.3 Å². The first-order valence-corrected chi connectivity index (χ1v) is 8.03. The van der Waals surface area contributed by atoms with E-state index in [-0.39, 0.29) is 0 Å². The Morgan fingerprint density at radius 3 is 1.85 bits per heavy atom. The Morgan fingerprint density at radius 2 is 1.30 bits per heavy atom. The lowest BCUT2D eigenvalue weighted by Gasteiger charge is -2.11. The largest absolute Gasteiger partial charge is 0.493 e. The quantitative estimate of drug-likeness (QED) is 0.546. The monoisotopic (exact) mass is 368 g/mol. The second kappa shape index (κ2) is 9.82. The molecule has 6 heteroatoms. The second-order valence-corrected chi connectivity index (χ2v) is 5.29. The van der Waals surface area contributed by atoms with Crippen molar-refractivity contribution < 1.29 is 28.5 Å². The lowest BCUT2D eigenvalue weighted by atomic mass is 10.2. The van der Waals surface area contributed by atoms with Crippen LogP contribution in [0.3, 0.4) is 0 Å². The van der Waals surface area contributed by atoms with Crippen LogP contribution in [0.4, 0.5) is 0 Å². The van der Waals surface area contributed by atoms with Gasteiger partial charge in [0, 0.05) is 12.2 Å². The molecule has 0 spiro atoms. The lowest BCUT2D eigenvalue weighted by molar-refractivity contribution is -0.135. The molecule has 6 nitrogen and oxygen atoms in total. The number of esters is 2. The molecule has 0 bridgehead atoms. The molecular weight excluding hydrogens is 348 g/mol. The highest BCUT2D eigenvalue weighted by Gasteiger charge is 2.07. The fourth-order valence-corrected chi connectivity index (χ4v) is 2.11. The highest BCUT2D eigenvalue weighted by Crippen LogP contribution is 2.32. The fourth-order valence-electron chi connectivity index (χ4n) is 2.11. The molecule has 0 atom stereocenters. The van der Waals surface area contributed by atoms with Crippen LogP contribution in [0.2, 0.25) is 0 Å². The van der Waals surface area contributed by atoms with Crippen LogP contribution in [0.5, 0.6) is 17.2 Å². The molecule has 0 unspecified atom stereocenters. The summed E-state index contributed by atoms with van der Waals surface area (Å²) in [6, 6.07) is 12.5. The molecule has 0 aliphatic rings. The van der Waals surface area contributed by atoms with Gasteiger partial charge in [-0.25, -0.2) is 9.59 Å². The van der Waals surface area contributed by atoms with Crippen molar-refractivity contribution in [1.82, 2.24) is 0 Å². The average molecular weight is 368 g/mol. The summed E-state index contributed by atoms with van der Waals surface area (Å²) in [5, 5.41) is 0. The van der Waals surface area contributed by atoms with E-state index in [9.17, 15) is 9.59 Å². The third-order valence-corrected chi connectivity index (χ3v) is 3.52. The topological polar surface area (TPSA) is 71.1 Å². The van der Waals surface area contributed by atoms with E-state index < -0.39 is 11.9 Å². The van der Waals surface area contributed by atoms with Crippen LogP contribution >= 0.6 is 0 Å². The van der Waals surface area contributed by atoms with Crippen LogP contribution < -0.4 is 9.47 Å². The SMILES string of the molecule is COC(=O)/C=C\c1ccc(Oc2ccc(/C=C/C(=O)OC)cc2)c(OC)c1. The van der Waals surface area contributed by atoms with Gasteiger partial charge in [-0.1, -0.05) is 18.2 Å². The van der Waals surface area contributed by atoms with Crippen LogP contribution in [0.25, 0.3) is 12.2 Å². The summed E-state index contributed by atoms with van der Waals surface area (Å²) >= 11 is 0. The predicted molar refractivity (Wildman–Crippen MR) is 102 cm³/mol. The Balaban J connectivity index is 2.12. The molecule has 0 saturated carbocycles. The van der Waals surface area contributed by atoms with Crippen molar-refractivity contribution in [2.45, 2.75) is 0 Å². The summed E-state index contributed by atoms with van der Waals surface area (Å²) in [5.41, 5.74) is 1.61. The maximum Gasteiger partial charge on any atom is 0.330 e. The zero-order valence-electron chi connectivity index (χ0n) is 15.3. The summed E-state index contributed by atoms with van der Waals surface area (Å²) in [4.78, 5) is 22.3. The van der Waals surface area contributed by atoms with Crippen LogP contribution in [-0.2, 0) is 19.1 Å². The third-order valence-electron chi connectivity index (χ3n) is 3.52. The van der Waals surface area contributed by atoms with Crippen LogP contribution in [0, 0.1) is 0 Å². The van der Waals surface area contributed by atoms with Gasteiger partial charge < -0.3 is 18.9 Å². The van der Waals surface area contributed by atoms with E-state index in [1.54, 1.807) is 42.5 Å². The van der Waals surface area contributed by atoms with E-state index in [2.05, 4.69) is 9.47 Å². The van der Waals surface area contributed by atoms with Gasteiger partial charge in [0.2, 0.25) is 0 Å². The Kier molecular flexibility index (Phi) is 7.19. The number of ether oxygens (including phenoxy) is 4. The van der Waals surface area contributed by atoms with Gasteiger partial charge in [0.1, 0.15) is 5.75 Å². The summed E-state index contributed by atoms with van der Waals surface area (Å²) in [6.45, 7) is 0. The van der Waals surface area contributed by atoms with E-state index >= 15 is 0 Å². The third kappa shape index (κ3) is 6.04. The van der Waals surface area contributed by atoms with Crippen molar-refractivity contribution in [3.63, 3.8) is 0 Å². The van der Waals surface area contributed by atoms with Gasteiger partial charge >= 0.3 is 11.9 Å². The first-order chi connectivity index (χ1) is 13.0. The van der Waals surface area contributed by atoms with E-state index in [4.69, 9.17) is 9.47 Å². The maximum atomic E-state index is 11.2. The summed E-state index contributed by atoms with van der Waals surface area (Å²) in [7, 11) is 4.19. The van der Waals surface area contributed by atoms with Crippen molar-refractivity contribution in [3.05, 3.63) is 65.7 Å². The summed E-state index contributed by atoms with van der Waals surface area (Å²) < 4.78 is 20.3. The minimum Gasteiger partial charge on any atom is -0.493 e. The zero-order chi connectivity index (χ0) is 19.6. The van der Waals surface area contributed by atoms with Crippen molar-refractivity contribution in [1.29, 1.82) is 0 Å². The lowest BCUT2D eigenvalue weighted by Crippen LogP contribution is -1.94. The zero-order valence-corrected chi connectivity index (χ0v) is 15.3. The van der Waals surface area contributed by atoms with Gasteiger partial charge in [0.15, 0.2) is 11.5 Å². The smallest absolute Gasteiger partial charge is 0.330 e. The molecule has 0 aromatic heterocycles. The molecule has 0 amide bonds. The van der Waals surface area contributed by atoms with Gasteiger partial charge in [-0.15, -0.1) is 0 Å². The summed E-state index contributed by atoms with van der Waals surface area (Å²) in [6.07, 6.45) is 5.95. The van der Waals surface area contributed by atoms with Gasteiger partial charge in [-0.2, -0.15) is 0 Å². The number of benzene rings is 2. The van der Waals surface area contributed by atoms with Gasteiger partial charge in [0.05, 0.1) is 21.3 Å². The van der Waals surface area contributed by atoms with Crippen molar-refractivity contribution >= 4 is 24.1 Å². The molecular formula is C21H20O6. The molecule has 0 saturated heterocycles. The number of methoxy groups -OCH3 is 3. The molecule has 0 heterocycles. The molecule has 0 fully saturated rings. The molecule has 0 aliphatic carbocycles. The average Bonchev–Trinajstić information content (AvgIpc) is 2.71. The van der Waals surface area contributed by atoms with Crippen molar-refractivity contribution in [3.8, 4) is 17.2 Å². The first kappa shape index (κ1) is 19.8. The van der Waals surface area contributed by atoms with E-state index in [1.165, 1.54) is 33.5 Å². The molecule has 27 heavy (non-hydrogen) atoms. The molecule has 0 N–H and O–H groups in total. The maximum absolute atomic E-state index is 11.2. The van der Waals surface area contributed by atoms with Crippen LogP contribution in [0.1, 0.15) is 11.1 Å². The molecule has 2 aromatic rings. The highest BCUT2D eigenvalue weighted by atomic mass is 16.5. The molecule has 0 aliphatic heterocycles. The van der Waals surface area contributed by atoms with Crippen LogP contribution in [0.15, 0.2) is 54.6 Å². The van der Waals surface area contributed by atoms with Crippen LogP contribution in [-0.4, -0.2) is 33.3 Å². The number of hydrogen-bond donors (Lipinski definition) is 0. The highest BCUT2D eigenvalue weighted by molar-refractivity contribution is 5.87. The number of rotatable bonds is 7. The predicted octanol–water partition coefficient (Wildman–Crippen LogP) is 3.86. The first-order valence-electron chi connectivity index (χ1n) is 8.03. The Hall–Kier alpha value is -3.54. The minimum atomic E-state index is -0.435. The number of carbonyl (C=O) groups is 2. The van der Waals surface area contributed by atoms with Gasteiger partial charge in [-0.05, 0) is 47.5 Å². The number of carbonyl (C=O) groups excluding carboxylic acids is 2. The molecule has 140 valence electrons. The Bertz CT molecular complexity index is 849. The second-order valence-electron chi connectivity index (χ2n) is 5.29. The molecule has 2 rings (SSSR count). The normalized spacial score (nSPS) is 10.8. The number of hydrogen-bond acceptors (Lipinski definition) is 6. The minimum absolute atomic E-state index is 0.415.